The number of hydrogen-bond acceptors (Lipinski definition) is 2. The quantitative estimate of drug-likeness (QED) is 0.434. The van der Waals surface area contributed by atoms with Gasteiger partial charge in [0.1, 0.15) is 0 Å². The predicted octanol–water partition coefficient (Wildman–Crippen LogP) is 1.41. The molecule has 0 N–H and O–H groups in total. The molecule has 0 fully saturated rings. The molecule has 0 bridgehead atoms. The molecule has 0 rings (SSSR count). The van der Waals surface area contributed by atoms with Crippen molar-refractivity contribution < 1.29 is 9.16 Å². The molecule has 0 spiro atoms. The van der Waals surface area contributed by atoms with Gasteiger partial charge in [-0.05, 0) is 26.4 Å². The first kappa shape index (κ1) is 10.1. The van der Waals surface area contributed by atoms with Crippen molar-refractivity contribution in [1.29, 1.82) is 0 Å². The third-order valence-electron chi connectivity index (χ3n) is 1.32. The zero-order valence-electron chi connectivity index (χ0n) is 7.22. The van der Waals surface area contributed by atoms with Gasteiger partial charge in [-0.1, -0.05) is 0 Å². The van der Waals surface area contributed by atoms with Gasteiger partial charge in [0, 0.05) is 19.8 Å². The van der Waals surface area contributed by atoms with Crippen LogP contribution >= 0.6 is 0 Å². The Balaban J connectivity index is 2.97. The second kappa shape index (κ2) is 7.25. The summed E-state index contributed by atoms with van der Waals surface area (Å²) < 4.78 is 10.7. The molecular weight excluding hydrogens is 144 g/mol. The van der Waals surface area contributed by atoms with E-state index in [0.29, 0.717) is 0 Å². The van der Waals surface area contributed by atoms with Gasteiger partial charge < -0.3 is 9.16 Å². The van der Waals surface area contributed by atoms with E-state index in [1.165, 1.54) is 0 Å². The van der Waals surface area contributed by atoms with E-state index in [4.69, 9.17) is 9.16 Å². The molecule has 0 aromatic carbocycles. The van der Waals surface area contributed by atoms with E-state index >= 15 is 0 Å². The summed E-state index contributed by atoms with van der Waals surface area (Å²) in [6.45, 7) is 8.84. The van der Waals surface area contributed by atoms with E-state index in [0.717, 1.165) is 25.9 Å². The third-order valence-corrected chi connectivity index (χ3v) is 3.28. The largest absolute Gasteiger partial charge is 0.421 e. The summed E-state index contributed by atoms with van der Waals surface area (Å²) in [6, 6.07) is 1.14. The molecule has 2 nitrogen and oxygen atoms in total. The number of ether oxygens (including phenoxy) is 1. The van der Waals surface area contributed by atoms with Crippen LogP contribution in [0.3, 0.4) is 0 Å². The van der Waals surface area contributed by atoms with Gasteiger partial charge in [0.05, 0.1) is 0 Å². The van der Waals surface area contributed by atoms with Crippen LogP contribution < -0.4 is 0 Å². The van der Waals surface area contributed by atoms with Crippen molar-refractivity contribution in [2.24, 2.45) is 0 Å². The molecule has 3 heteroatoms. The topological polar surface area (TPSA) is 18.5 Å². The number of rotatable bonds is 6. The van der Waals surface area contributed by atoms with Crippen molar-refractivity contribution in [1.82, 2.24) is 0 Å². The van der Waals surface area contributed by atoms with Crippen LogP contribution in [-0.2, 0) is 9.16 Å². The minimum Gasteiger partial charge on any atom is -0.421 e. The molecule has 1 unspecified atom stereocenters. The minimum atomic E-state index is -0.859. The Morgan fingerprint density at radius 2 is 1.90 bits per heavy atom. The maximum absolute atomic E-state index is 5.45. The second-order valence-corrected chi connectivity index (χ2v) is 4.78. The first-order chi connectivity index (χ1) is 4.81. The Morgan fingerprint density at radius 1 is 1.20 bits per heavy atom. The van der Waals surface area contributed by atoms with Gasteiger partial charge in [0.25, 0.3) is 0 Å². The van der Waals surface area contributed by atoms with Crippen molar-refractivity contribution in [2.75, 3.05) is 19.8 Å². The summed E-state index contributed by atoms with van der Waals surface area (Å²) in [5.74, 6) is 0. The fourth-order valence-corrected chi connectivity index (χ4v) is 2.00. The zero-order chi connectivity index (χ0) is 7.82. The summed E-state index contributed by atoms with van der Waals surface area (Å²) in [4.78, 5) is 0. The Hall–Kier alpha value is 0.137. The van der Waals surface area contributed by atoms with E-state index in [2.05, 4.69) is 6.55 Å². The first-order valence-electron chi connectivity index (χ1n) is 4.00. The molecule has 0 amide bonds. The molecule has 0 aliphatic heterocycles. The van der Waals surface area contributed by atoms with Crippen molar-refractivity contribution in [3.8, 4) is 0 Å². The van der Waals surface area contributed by atoms with Gasteiger partial charge in [-0.15, -0.1) is 0 Å². The van der Waals surface area contributed by atoms with E-state index < -0.39 is 9.04 Å². The summed E-state index contributed by atoms with van der Waals surface area (Å²) in [6.07, 6.45) is 0. The Labute approximate surface area is 65.3 Å². The monoisotopic (exact) mass is 162 g/mol. The van der Waals surface area contributed by atoms with Gasteiger partial charge in [-0.3, -0.25) is 0 Å². The molecule has 0 aromatic heterocycles. The van der Waals surface area contributed by atoms with Crippen LogP contribution in [-0.4, -0.2) is 28.9 Å². The summed E-state index contributed by atoms with van der Waals surface area (Å²) in [5.41, 5.74) is 0. The van der Waals surface area contributed by atoms with E-state index in [1.807, 2.05) is 13.8 Å². The fraction of sp³-hybridized carbons (Fsp3) is 1.00. The highest BCUT2D eigenvalue weighted by molar-refractivity contribution is 6.50. The predicted molar refractivity (Wildman–Crippen MR) is 45.9 cm³/mol. The molecular formula is C7H18O2Si. The van der Waals surface area contributed by atoms with Crippen molar-refractivity contribution in [3.05, 3.63) is 0 Å². The molecule has 0 radical (unpaired) electrons. The maximum Gasteiger partial charge on any atom is 0.176 e. The standard InChI is InChI=1S/C7H18O2Si/c1-4-8-6-7-10(3)9-5-2/h10H,4-7H2,1-3H3. The van der Waals surface area contributed by atoms with E-state index in [9.17, 15) is 0 Å². The lowest BCUT2D eigenvalue weighted by molar-refractivity contribution is 0.158. The van der Waals surface area contributed by atoms with Crippen LogP contribution in [0.1, 0.15) is 13.8 Å². The smallest absolute Gasteiger partial charge is 0.176 e. The molecule has 0 aliphatic carbocycles. The van der Waals surface area contributed by atoms with E-state index in [1.54, 1.807) is 0 Å². The Bertz CT molecular complexity index is 68.6. The maximum atomic E-state index is 5.45. The van der Waals surface area contributed by atoms with Gasteiger partial charge in [0.2, 0.25) is 0 Å². The van der Waals surface area contributed by atoms with E-state index in [-0.39, 0.29) is 0 Å². The van der Waals surface area contributed by atoms with Crippen molar-refractivity contribution in [3.63, 3.8) is 0 Å². The average Bonchev–Trinajstić information content (AvgIpc) is 1.89. The SMILES string of the molecule is CCOCC[SiH](C)OCC. The highest BCUT2D eigenvalue weighted by atomic mass is 28.3. The average molecular weight is 162 g/mol. The normalized spacial score (nSPS) is 13.5. The highest BCUT2D eigenvalue weighted by Crippen LogP contribution is 1.94. The van der Waals surface area contributed by atoms with Crippen molar-refractivity contribution >= 4 is 9.04 Å². The van der Waals surface area contributed by atoms with Crippen LogP contribution in [0.2, 0.25) is 12.6 Å². The Kier molecular flexibility index (Phi) is 7.35. The van der Waals surface area contributed by atoms with Crippen molar-refractivity contribution in [2.45, 2.75) is 26.4 Å². The lowest BCUT2D eigenvalue weighted by Crippen LogP contribution is -2.15. The lowest BCUT2D eigenvalue weighted by Gasteiger charge is -2.08. The fourth-order valence-electron chi connectivity index (χ4n) is 0.761. The van der Waals surface area contributed by atoms with Crippen LogP contribution in [0, 0.1) is 0 Å². The van der Waals surface area contributed by atoms with Crippen LogP contribution in [0.5, 0.6) is 0 Å². The molecule has 1 atom stereocenters. The minimum absolute atomic E-state index is 0.827. The van der Waals surface area contributed by atoms with Gasteiger partial charge in [-0.2, -0.15) is 0 Å². The zero-order valence-corrected chi connectivity index (χ0v) is 8.38. The summed E-state index contributed by atoms with van der Waals surface area (Å²) in [7, 11) is -0.859. The summed E-state index contributed by atoms with van der Waals surface area (Å²) >= 11 is 0. The van der Waals surface area contributed by atoms with Gasteiger partial charge >= 0.3 is 0 Å². The molecule has 0 saturated carbocycles. The van der Waals surface area contributed by atoms with Gasteiger partial charge in [0.15, 0.2) is 9.04 Å². The third kappa shape index (κ3) is 6.26. The number of hydrogen-bond donors (Lipinski definition) is 0. The Morgan fingerprint density at radius 3 is 2.40 bits per heavy atom. The van der Waals surface area contributed by atoms with Crippen LogP contribution in [0.4, 0.5) is 0 Å². The molecule has 10 heavy (non-hydrogen) atoms. The van der Waals surface area contributed by atoms with Crippen LogP contribution in [0.25, 0.3) is 0 Å². The molecule has 62 valence electrons. The first-order valence-corrected chi connectivity index (χ1v) is 6.44. The molecule has 0 aromatic rings. The molecule has 0 heterocycles. The molecule has 0 saturated heterocycles. The molecule has 0 aliphatic rings. The van der Waals surface area contributed by atoms with Crippen LogP contribution in [0.15, 0.2) is 0 Å². The summed E-state index contributed by atoms with van der Waals surface area (Å²) in [5, 5.41) is 0. The lowest BCUT2D eigenvalue weighted by atomic mass is 10.8. The highest BCUT2D eigenvalue weighted by Gasteiger charge is 2.01. The van der Waals surface area contributed by atoms with Gasteiger partial charge in [-0.25, -0.2) is 0 Å². The second-order valence-electron chi connectivity index (χ2n) is 2.25.